The number of hydrogen-bond donors (Lipinski definition) is 1. The molecule has 2 fully saturated rings. The van der Waals surface area contributed by atoms with Gasteiger partial charge in [-0.1, -0.05) is 0 Å². The number of rotatable bonds is 3. The molecular weight excluding hydrogens is 232 g/mol. The van der Waals surface area contributed by atoms with E-state index in [2.05, 4.69) is 5.32 Å². The van der Waals surface area contributed by atoms with Crippen LogP contribution in [0.15, 0.2) is 0 Å². The molecule has 2 rings (SSSR count). The zero-order chi connectivity index (χ0) is 13.2. The number of nitrogens with one attached hydrogen (secondary N) is 1. The molecule has 3 atom stereocenters. The average molecular weight is 256 g/mol. The summed E-state index contributed by atoms with van der Waals surface area (Å²) >= 11 is 0. The van der Waals surface area contributed by atoms with Crippen molar-refractivity contribution in [2.75, 3.05) is 33.9 Å². The number of likely N-dealkylation sites (N-methyl/N-ethyl adjacent to an activating group) is 1. The quantitative estimate of drug-likeness (QED) is 0.793. The SMILES string of the molecule is CC(NC1CCOC2(CCOC2)C1)C(=O)N(C)C. The smallest absolute Gasteiger partial charge is 0.238 e. The summed E-state index contributed by atoms with van der Waals surface area (Å²) in [7, 11) is 3.58. The molecule has 1 spiro atoms. The van der Waals surface area contributed by atoms with Gasteiger partial charge in [-0.15, -0.1) is 0 Å². The van der Waals surface area contributed by atoms with Gasteiger partial charge in [-0.2, -0.15) is 0 Å². The first kappa shape index (κ1) is 13.8. The molecule has 2 aliphatic rings. The van der Waals surface area contributed by atoms with Gasteiger partial charge in [0.2, 0.25) is 5.91 Å². The topological polar surface area (TPSA) is 50.8 Å². The summed E-state index contributed by atoms with van der Waals surface area (Å²) in [6, 6.07) is 0.210. The lowest BCUT2D eigenvalue weighted by molar-refractivity contribution is -0.131. The van der Waals surface area contributed by atoms with Crippen LogP contribution in [0.1, 0.15) is 26.2 Å². The van der Waals surface area contributed by atoms with Crippen molar-refractivity contribution >= 4 is 5.91 Å². The van der Waals surface area contributed by atoms with Crippen LogP contribution in [0.2, 0.25) is 0 Å². The lowest BCUT2D eigenvalue weighted by Crippen LogP contribution is -2.52. The first-order valence-corrected chi connectivity index (χ1v) is 6.71. The highest BCUT2D eigenvalue weighted by Gasteiger charge is 2.41. The third-order valence-electron chi connectivity index (χ3n) is 3.86. The molecule has 0 aromatic heterocycles. The Balaban J connectivity index is 1.87. The molecular formula is C13H24N2O3. The van der Waals surface area contributed by atoms with Gasteiger partial charge in [0.15, 0.2) is 0 Å². The molecule has 104 valence electrons. The van der Waals surface area contributed by atoms with Gasteiger partial charge in [0.25, 0.3) is 0 Å². The van der Waals surface area contributed by atoms with Crippen molar-refractivity contribution in [1.82, 2.24) is 10.2 Å². The van der Waals surface area contributed by atoms with E-state index in [4.69, 9.17) is 9.47 Å². The zero-order valence-electron chi connectivity index (χ0n) is 11.6. The predicted molar refractivity (Wildman–Crippen MR) is 68.4 cm³/mol. The largest absolute Gasteiger partial charge is 0.378 e. The van der Waals surface area contributed by atoms with Crippen molar-refractivity contribution in [3.8, 4) is 0 Å². The van der Waals surface area contributed by atoms with Crippen LogP contribution in [0.4, 0.5) is 0 Å². The predicted octanol–water partition coefficient (Wildman–Crippen LogP) is 0.391. The number of carbonyl (C=O) groups is 1. The van der Waals surface area contributed by atoms with Crippen molar-refractivity contribution in [1.29, 1.82) is 0 Å². The molecule has 0 radical (unpaired) electrons. The normalized spacial score (nSPS) is 33.6. The lowest BCUT2D eigenvalue weighted by Gasteiger charge is -2.38. The van der Waals surface area contributed by atoms with Gasteiger partial charge < -0.3 is 19.7 Å². The van der Waals surface area contributed by atoms with E-state index in [1.807, 2.05) is 6.92 Å². The molecule has 0 bridgehead atoms. The van der Waals surface area contributed by atoms with Crippen molar-refractivity contribution in [3.63, 3.8) is 0 Å². The number of amides is 1. The lowest BCUT2D eigenvalue weighted by atomic mass is 9.89. The van der Waals surface area contributed by atoms with Crippen LogP contribution >= 0.6 is 0 Å². The molecule has 2 aliphatic heterocycles. The highest BCUT2D eigenvalue weighted by atomic mass is 16.6. The van der Waals surface area contributed by atoms with Crippen LogP contribution < -0.4 is 5.32 Å². The molecule has 1 amide bonds. The van der Waals surface area contributed by atoms with Gasteiger partial charge in [0.1, 0.15) is 0 Å². The second kappa shape index (κ2) is 5.55. The van der Waals surface area contributed by atoms with Crippen molar-refractivity contribution in [2.45, 2.75) is 43.9 Å². The Labute approximate surface area is 109 Å². The van der Waals surface area contributed by atoms with Gasteiger partial charge in [-0.25, -0.2) is 0 Å². The Hall–Kier alpha value is -0.650. The molecule has 0 aromatic rings. The van der Waals surface area contributed by atoms with Gasteiger partial charge in [0, 0.05) is 39.8 Å². The van der Waals surface area contributed by atoms with E-state index in [1.165, 1.54) is 0 Å². The van der Waals surface area contributed by atoms with Gasteiger partial charge in [-0.05, 0) is 19.8 Å². The molecule has 0 aliphatic carbocycles. The summed E-state index contributed by atoms with van der Waals surface area (Å²) in [4.78, 5) is 13.5. The minimum atomic E-state index is -0.137. The molecule has 2 saturated heterocycles. The van der Waals surface area contributed by atoms with Crippen LogP contribution in [0.3, 0.4) is 0 Å². The van der Waals surface area contributed by atoms with Gasteiger partial charge >= 0.3 is 0 Å². The maximum absolute atomic E-state index is 11.8. The number of carbonyl (C=O) groups excluding carboxylic acids is 1. The van der Waals surface area contributed by atoms with E-state index in [-0.39, 0.29) is 17.6 Å². The highest BCUT2D eigenvalue weighted by Crippen LogP contribution is 2.32. The number of hydrogen-bond acceptors (Lipinski definition) is 4. The maximum Gasteiger partial charge on any atom is 0.238 e. The summed E-state index contributed by atoms with van der Waals surface area (Å²) in [5, 5.41) is 3.42. The minimum absolute atomic E-state index is 0.100. The molecule has 2 heterocycles. The standard InChI is InChI=1S/C13H24N2O3/c1-10(12(16)15(2)3)14-11-4-6-18-13(8-11)5-7-17-9-13/h10-11,14H,4-9H2,1-3H3. The van der Waals surface area contributed by atoms with Crippen LogP contribution in [-0.4, -0.2) is 62.4 Å². The number of ether oxygens (including phenoxy) is 2. The fourth-order valence-corrected chi connectivity index (χ4v) is 2.85. The fraction of sp³-hybridized carbons (Fsp3) is 0.923. The Morgan fingerprint density at radius 1 is 1.44 bits per heavy atom. The zero-order valence-corrected chi connectivity index (χ0v) is 11.6. The van der Waals surface area contributed by atoms with E-state index < -0.39 is 0 Å². The van der Waals surface area contributed by atoms with E-state index in [0.717, 1.165) is 32.5 Å². The van der Waals surface area contributed by atoms with Crippen molar-refractivity contribution in [3.05, 3.63) is 0 Å². The Kier molecular flexibility index (Phi) is 4.25. The first-order chi connectivity index (χ1) is 8.52. The Bertz CT molecular complexity index is 301. The third-order valence-corrected chi connectivity index (χ3v) is 3.86. The highest BCUT2D eigenvalue weighted by molar-refractivity contribution is 5.80. The fourth-order valence-electron chi connectivity index (χ4n) is 2.85. The Morgan fingerprint density at radius 2 is 2.22 bits per heavy atom. The van der Waals surface area contributed by atoms with Crippen molar-refractivity contribution < 1.29 is 14.3 Å². The van der Waals surface area contributed by atoms with Crippen LogP contribution in [0, 0.1) is 0 Å². The molecule has 5 nitrogen and oxygen atoms in total. The summed E-state index contributed by atoms with van der Waals surface area (Å²) in [6.45, 7) is 4.17. The summed E-state index contributed by atoms with van der Waals surface area (Å²) in [5.74, 6) is 0.123. The summed E-state index contributed by atoms with van der Waals surface area (Å²) in [6.07, 6.45) is 2.88. The molecule has 18 heavy (non-hydrogen) atoms. The third kappa shape index (κ3) is 3.02. The molecule has 5 heteroatoms. The Morgan fingerprint density at radius 3 is 2.83 bits per heavy atom. The van der Waals surface area contributed by atoms with Gasteiger partial charge in [-0.3, -0.25) is 4.79 Å². The van der Waals surface area contributed by atoms with Gasteiger partial charge in [0.05, 0.1) is 18.2 Å². The molecule has 1 N–H and O–H groups in total. The first-order valence-electron chi connectivity index (χ1n) is 6.71. The second-order valence-electron chi connectivity index (χ2n) is 5.64. The van der Waals surface area contributed by atoms with E-state index in [1.54, 1.807) is 19.0 Å². The average Bonchev–Trinajstić information content (AvgIpc) is 2.76. The van der Waals surface area contributed by atoms with Crippen molar-refractivity contribution in [2.24, 2.45) is 0 Å². The van der Waals surface area contributed by atoms with E-state index >= 15 is 0 Å². The van der Waals surface area contributed by atoms with Crippen LogP contribution in [-0.2, 0) is 14.3 Å². The van der Waals surface area contributed by atoms with E-state index in [0.29, 0.717) is 12.6 Å². The molecule has 0 aromatic carbocycles. The van der Waals surface area contributed by atoms with E-state index in [9.17, 15) is 4.79 Å². The monoisotopic (exact) mass is 256 g/mol. The molecule has 0 saturated carbocycles. The second-order valence-corrected chi connectivity index (χ2v) is 5.64. The minimum Gasteiger partial charge on any atom is -0.378 e. The van der Waals surface area contributed by atoms with Crippen LogP contribution in [0.5, 0.6) is 0 Å². The van der Waals surface area contributed by atoms with Crippen LogP contribution in [0.25, 0.3) is 0 Å². The summed E-state index contributed by atoms with van der Waals surface area (Å²) in [5.41, 5.74) is -0.100. The number of nitrogens with zero attached hydrogens (tertiary/aromatic N) is 1. The summed E-state index contributed by atoms with van der Waals surface area (Å²) < 4.78 is 11.3. The molecule has 3 unspecified atom stereocenters. The maximum atomic E-state index is 11.8.